The summed E-state index contributed by atoms with van der Waals surface area (Å²) in [6, 6.07) is 11.3. The average Bonchev–Trinajstić information content (AvgIpc) is 3.53. The zero-order chi connectivity index (χ0) is 34.7. The number of carbonyl (C=O) groups excluding carboxylic acids is 5. The number of aromatic hydroxyl groups is 1. The van der Waals surface area contributed by atoms with Crippen LogP contribution in [0.1, 0.15) is 37.8 Å². The summed E-state index contributed by atoms with van der Waals surface area (Å²) in [6.07, 6.45) is 1.19. The maximum Gasteiger partial charge on any atom is 0.323 e. The van der Waals surface area contributed by atoms with Crippen molar-refractivity contribution < 1.29 is 39.0 Å². The first kappa shape index (κ1) is 36.5. The highest BCUT2D eigenvalue weighted by Gasteiger charge is 2.39. The molecule has 5 amide bonds. The largest absolute Gasteiger partial charge is 0.508 e. The first-order valence-electron chi connectivity index (χ1n) is 15.5. The third-order valence-corrected chi connectivity index (χ3v) is 7.89. The molecule has 1 saturated heterocycles. The normalized spacial score (nSPS) is 16.1. The summed E-state index contributed by atoms with van der Waals surface area (Å²) in [6.45, 7) is 2.79. The molecule has 0 aliphatic carbocycles. The number of likely N-dealkylation sites (tertiary alicyclic amines) is 1. The Morgan fingerprint density at radius 1 is 0.957 bits per heavy atom. The molecule has 1 aliphatic heterocycles. The number of hydrogen-bond acceptors (Lipinski definition) is 8. The summed E-state index contributed by atoms with van der Waals surface area (Å²) in [5, 5.41) is 26.5. The van der Waals surface area contributed by atoms with Crippen molar-refractivity contribution in [2.24, 2.45) is 11.7 Å². The minimum atomic E-state index is -1.20. The highest BCUT2D eigenvalue weighted by molar-refractivity contribution is 5.95. The van der Waals surface area contributed by atoms with E-state index < -0.39 is 72.8 Å². The summed E-state index contributed by atoms with van der Waals surface area (Å²) in [4.78, 5) is 79.2. The molecule has 1 aliphatic rings. The molecule has 47 heavy (non-hydrogen) atoms. The molecule has 3 rings (SSSR count). The number of phenolic OH excluding ortho intramolecular Hbond substituents is 1. The number of hydrogen-bond donors (Lipinski definition) is 6. The number of rotatable bonds is 15. The lowest BCUT2D eigenvalue weighted by Gasteiger charge is -2.31. The van der Waals surface area contributed by atoms with Gasteiger partial charge in [-0.3, -0.25) is 28.8 Å². The van der Waals surface area contributed by atoms with E-state index in [4.69, 9.17) is 10.8 Å². The van der Waals surface area contributed by atoms with Gasteiger partial charge in [0.1, 0.15) is 30.4 Å². The molecule has 0 radical (unpaired) electrons. The van der Waals surface area contributed by atoms with Crippen molar-refractivity contribution in [2.75, 3.05) is 26.7 Å². The zero-order valence-corrected chi connectivity index (χ0v) is 26.8. The molecule has 0 unspecified atom stereocenters. The Bertz CT molecular complexity index is 1420. The van der Waals surface area contributed by atoms with E-state index in [0.29, 0.717) is 12.8 Å². The SMILES string of the molecule is CC(C)[C@H](NC(=O)[C@@H](N)Cc1ccc(O)cc1)C(=O)N1CCC[C@@H]1C(=O)NCC(=O)N[C@@H](Cc1ccccc1)C(=O)N(C)CC(=O)O. The molecular formula is C33H44N6O8. The summed E-state index contributed by atoms with van der Waals surface area (Å²) in [7, 11) is 1.32. The van der Waals surface area contributed by atoms with Gasteiger partial charge in [-0.05, 0) is 48.4 Å². The third-order valence-electron chi connectivity index (χ3n) is 7.89. The van der Waals surface area contributed by atoms with Crippen molar-refractivity contribution in [3.63, 3.8) is 0 Å². The number of carbonyl (C=O) groups is 6. The maximum absolute atomic E-state index is 13.6. The van der Waals surface area contributed by atoms with E-state index >= 15 is 0 Å². The number of likely N-dealkylation sites (N-methyl/N-ethyl adjacent to an activating group) is 1. The van der Waals surface area contributed by atoms with Crippen molar-refractivity contribution in [2.45, 2.75) is 63.7 Å². The quantitative estimate of drug-likeness (QED) is 0.150. The van der Waals surface area contributed by atoms with Gasteiger partial charge >= 0.3 is 5.97 Å². The molecule has 0 bridgehead atoms. The van der Waals surface area contributed by atoms with Crippen molar-refractivity contribution >= 4 is 35.5 Å². The van der Waals surface area contributed by atoms with Crippen LogP contribution in [0, 0.1) is 5.92 Å². The van der Waals surface area contributed by atoms with Crippen LogP contribution in [0.2, 0.25) is 0 Å². The van der Waals surface area contributed by atoms with Crippen molar-refractivity contribution in [1.82, 2.24) is 25.8 Å². The average molecular weight is 653 g/mol. The second-order valence-corrected chi connectivity index (χ2v) is 12.0. The van der Waals surface area contributed by atoms with Gasteiger partial charge in [-0.2, -0.15) is 0 Å². The molecule has 0 aromatic heterocycles. The number of nitrogens with one attached hydrogen (secondary N) is 3. The molecule has 1 fully saturated rings. The van der Waals surface area contributed by atoms with E-state index in [2.05, 4.69) is 16.0 Å². The highest BCUT2D eigenvalue weighted by atomic mass is 16.4. The first-order valence-corrected chi connectivity index (χ1v) is 15.5. The molecule has 14 nitrogen and oxygen atoms in total. The van der Waals surface area contributed by atoms with E-state index in [0.717, 1.165) is 16.0 Å². The van der Waals surface area contributed by atoms with Gasteiger partial charge in [0.15, 0.2) is 0 Å². The fraction of sp³-hybridized carbons (Fsp3) is 0.455. The van der Waals surface area contributed by atoms with E-state index in [9.17, 15) is 33.9 Å². The summed E-state index contributed by atoms with van der Waals surface area (Å²) < 4.78 is 0. The number of nitrogens with zero attached hydrogens (tertiary/aromatic N) is 2. The van der Waals surface area contributed by atoms with Crippen molar-refractivity contribution in [3.05, 3.63) is 65.7 Å². The number of aliphatic carboxylic acids is 1. The molecule has 14 heteroatoms. The Morgan fingerprint density at radius 2 is 1.60 bits per heavy atom. The number of amides is 5. The van der Waals surface area contributed by atoms with Gasteiger partial charge in [-0.25, -0.2) is 0 Å². The Balaban J connectivity index is 1.60. The van der Waals surface area contributed by atoms with Crippen LogP contribution < -0.4 is 21.7 Å². The summed E-state index contributed by atoms with van der Waals surface area (Å²) in [5.41, 5.74) is 7.60. The fourth-order valence-electron chi connectivity index (χ4n) is 5.36. The standard InChI is InChI=1S/C33H44N6O8/c1-20(2)29(37-30(44)24(34)16-22-11-13-23(40)14-12-22)33(47)39-15-7-10-26(39)31(45)35-18-27(41)36-25(17-21-8-5-4-6-9-21)32(46)38(3)19-28(42)43/h4-6,8-9,11-14,20,24-26,29,40H,7,10,15-19,34H2,1-3H3,(H,35,45)(H,36,41)(H,37,44)(H,42,43)/t24-,25-,26+,29-/m0/s1. The van der Waals surface area contributed by atoms with Gasteiger partial charge in [-0.1, -0.05) is 56.3 Å². The van der Waals surface area contributed by atoms with Gasteiger partial charge in [0.25, 0.3) is 0 Å². The minimum Gasteiger partial charge on any atom is -0.508 e. The zero-order valence-electron chi connectivity index (χ0n) is 26.8. The van der Waals surface area contributed by atoms with Gasteiger partial charge in [0.05, 0.1) is 12.6 Å². The van der Waals surface area contributed by atoms with Crippen LogP contribution in [0.25, 0.3) is 0 Å². The third kappa shape index (κ3) is 10.8. The van der Waals surface area contributed by atoms with Crippen LogP contribution in [-0.4, -0.2) is 106 Å². The first-order chi connectivity index (χ1) is 22.3. The monoisotopic (exact) mass is 652 g/mol. The predicted octanol–water partition coefficient (Wildman–Crippen LogP) is -0.219. The highest BCUT2D eigenvalue weighted by Crippen LogP contribution is 2.21. The minimum absolute atomic E-state index is 0.0882. The van der Waals surface area contributed by atoms with Crippen LogP contribution >= 0.6 is 0 Å². The lowest BCUT2D eigenvalue weighted by Crippen LogP contribution is -2.58. The number of carboxylic acids is 1. The second-order valence-electron chi connectivity index (χ2n) is 12.0. The number of carboxylic acid groups (broad SMARTS) is 1. The van der Waals surface area contributed by atoms with E-state index in [1.165, 1.54) is 24.1 Å². The Hall–Kier alpha value is -4.98. The number of nitrogens with two attached hydrogens (primary N) is 1. The van der Waals surface area contributed by atoms with E-state index in [1.54, 1.807) is 56.3 Å². The van der Waals surface area contributed by atoms with E-state index in [-0.39, 0.29) is 31.1 Å². The summed E-state index contributed by atoms with van der Waals surface area (Å²) >= 11 is 0. The molecule has 254 valence electrons. The van der Waals surface area contributed by atoms with Crippen LogP contribution in [0.4, 0.5) is 0 Å². The van der Waals surface area contributed by atoms with Crippen LogP contribution in [0.15, 0.2) is 54.6 Å². The van der Waals surface area contributed by atoms with E-state index in [1.807, 2.05) is 0 Å². The van der Waals surface area contributed by atoms with Gasteiger partial charge < -0.3 is 41.7 Å². The Morgan fingerprint density at radius 3 is 2.21 bits per heavy atom. The number of phenols is 1. The molecule has 2 aromatic carbocycles. The molecule has 2 aromatic rings. The second kappa shape index (κ2) is 17.1. The lowest BCUT2D eigenvalue weighted by molar-refractivity contribution is -0.144. The molecule has 0 spiro atoms. The van der Waals surface area contributed by atoms with Crippen LogP contribution in [-0.2, 0) is 41.6 Å². The molecule has 0 saturated carbocycles. The van der Waals surface area contributed by atoms with Crippen LogP contribution in [0.5, 0.6) is 5.75 Å². The van der Waals surface area contributed by atoms with Crippen LogP contribution in [0.3, 0.4) is 0 Å². The van der Waals surface area contributed by atoms with Crippen molar-refractivity contribution in [1.29, 1.82) is 0 Å². The molecule has 4 atom stereocenters. The molecule has 1 heterocycles. The topological polar surface area (TPSA) is 211 Å². The van der Waals surface area contributed by atoms with Gasteiger partial charge in [0.2, 0.25) is 29.5 Å². The van der Waals surface area contributed by atoms with Crippen molar-refractivity contribution in [3.8, 4) is 5.75 Å². The lowest BCUT2D eigenvalue weighted by atomic mass is 10.0. The molecule has 7 N–H and O–H groups in total. The summed E-state index contributed by atoms with van der Waals surface area (Å²) in [5.74, 6) is -4.23. The Kier molecular flexibility index (Phi) is 13.3. The predicted molar refractivity (Wildman–Crippen MR) is 172 cm³/mol. The molecular weight excluding hydrogens is 608 g/mol. The van der Waals surface area contributed by atoms with Gasteiger partial charge in [-0.15, -0.1) is 0 Å². The fourth-order valence-corrected chi connectivity index (χ4v) is 5.36. The number of benzene rings is 2. The smallest absolute Gasteiger partial charge is 0.323 e. The Labute approximate surface area is 273 Å². The maximum atomic E-state index is 13.6. The van der Waals surface area contributed by atoms with Gasteiger partial charge in [0, 0.05) is 20.0 Å².